The Morgan fingerprint density at radius 1 is 1.40 bits per heavy atom. The molecule has 8 heteroatoms. The first kappa shape index (κ1) is 16.9. The molecule has 0 bridgehead atoms. The van der Waals surface area contributed by atoms with Crippen LogP contribution in [0.25, 0.3) is 0 Å². The molecular weight excluding hydrogens is 285 g/mol. The monoisotopic (exact) mass is 305 g/mol. The smallest absolute Gasteiger partial charge is 0.493 e. The molecule has 0 aliphatic heterocycles. The lowest BCUT2D eigenvalue weighted by molar-refractivity contribution is 0.200. The molecule has 3 N–H and O–H groups in total. The van der Waals surface area contributed by atoms with E-state index in [0.717, 1.165) is 5.56 Å². The minimum absolute atomic E-state index is 0.0101. The summed E-state index contributed by atoms with van der Waals surface area (Å²) in [6.45, 7) is 1.90. The Morgan fingerprint density at radius 3 is 2.65 bits per heavy atom. The van der Waals surface area contributed by atoms with Crippen LogP contribution in [0.4, 0.5) is 0 Å². The van der Waals surface area contributed by atoms with Gasteiger partial charge >= 0.3 is 7.82 Å². The molecule has 20 heavy (non-hydrogen) atoms. The van der Waals surface area contributed by atoms with Crippen LogP contribution in [0, 0.1) is 6.92 Å². The maximum atomic E-state index is 11.8. The molecule has 0 saturated carbocycles. The molecule has 0 radical (unpaired) electrons. The molecule has 0 saturated heterocycles. The van der Waals surface area contributed by atoms with Gasteiger partial charge in [0.2, 0.25) is 0 Å². The molecule has 1 aromatic carbocycles. The van der Waals surface area contributed by atoms with E-state index in [0.29, 0.717) is 12.1 Å². The van der Waals surface area contributed by atoms with Gasteiger partial charge in [-0.05, 0) is 31.7 Å². The fourth-order valence-corrected chi connectivity index (χ4v) is 2.40. The van der Waals surface area contributed by atoms with Gasteiger partial charge < -0.3 is 19.7 Å². The number of ether oxygens (including phenoxy) is 1. The fraction of sp³-hybridized carbons (Fsp3) is 0.500. The van der Waals surface area contributed by atoms with Crippen molar-refractivity contribution in [3.63, 3.8) is 0 Å². The summed E-state index contributed by atoms with van der Waals surface area (Å²) in [6, 6.07) is 3.29. The van der Waals surface area contributed by atoms with Crippen molar-refractivity contribution in [1.29, 1.82) is 0 Å². The highest BCUT2D eigenvalue weighted by Crippen LogP contribution is 2.48. The Bertz CT molecular complexity index is 468. The lowest BCUT2D eigenvalue weighted by Gasteiger charge is -2.18. The molecule has 1 unspecified atom stereocenters. The van der Waals surface area contributed by atoms with E-state index < -0.39 is 7.82 Å². The molecule has 0 aliphatic carbocycles. The van der Waals surface area contributed by atoms with Gasteiger partial charge in [0.25, 0.3) is 0 Å². The zero-order chi connectivity index (χ0) is 15.2. The number of rotatable bonds is 8. The van der Waals surface area contributed by atoms with E-state index >= 15 is 0 Å². The second-order valence-corrected chi connectivity index (χ2v) is 5.49. The highest BCUT2D eigenvalue weighted by Gasteiger charge is 2.26. The van der Waals surface area contributed by atoms with Crippen LogP contribution >= 0.6 is 7.82 Å². The maximum Gasteiger partial charge on any atom is 0.527 e. The minimum atomic E-state index is -4.27. The predicted octanol–water partition coefficient (Wildman–Crippen LogP) is 1.21. The number of hydrogen-bond acceptors (Lipinski definition) is 6. The number of methoxy groups -OCH3 is 1. The van der Waals surface area contributed by atoms with Crippen LogP contribution in [0.1, 0.15) is 11.1 Å². The number of likely N-dealkylation sites (N-methyl/N-ethyl adjacent to an activating group) is 1. The summed E-state index contributed by atoms with van der Waals surface area (Å²) >= 11 is 0. The zero-order valence-corrected chi connectivity index (χ0v) is 12.6. The summed E-state index contributed by atoms with van der Waals surface area (Å²) < 4.78 is 26.7. The SMILES string of the molecule is CNCCOP(=O)(O)Oc1c(CO)cc(C)cc1OC. The van der Waals surface area contributed by atoms with E-state index in [4.69, 9.17) is 13.8 Å². The second kappa shape index (κ2) is 7.61. The van der Waals surface area contributed by atoms with Crippen LogP contribution in [0.3, 0.4) is 0 Å². The van der Waals surface area contributed by atoms with Crippen molar-refractivity contribution < 1.29 is 28.3 Å². The van der Waals surface area contributed by atoms with Crippen molar-refractivity contribution in [2.45, 2.75) is 13.5 Å². The average Bonchev–Trinajstić information content (AvgIpc) is 2.40. The van der Waals surface area contributed by atoms with Crippen molar-refractivity contribution >= 4 is 7.82 Å². The number of aliphatic hydroxyl groups excluding tert-OH is 1. The minimum Gasteiger partial charge on any atom is -0.493 e. The van der Waals surface area contributed by atoms with Crippen molar-refractivity contribution in [3.8, 4) is 11.5 Å². The zero-order valence-electron chi connectivity index (χ0n) is 11.8. The highest BCUT2D eigenvalue weighted by molar-refractivity contribution is 7.47. The summed E-state index contributed by atoms with van der Waals surface area (Å²) in [5, 5.41) is 12.1. The molecule has 1 atom stereocenters. The van der Waals surface area contributed by atoms with E-state index in [1.54, 1.807) is 19.2 Å². The quantitative estimate of drug-likeness (QED) is 0.490. The molecule has 0 aliphatic rings. The van der Waals surface area contributed by atoms with Gasteiger partial charge in [0.15, 0.2) is 11.5 Å². The fourth-order valence-electron chi connectivity index (χ4n) is 1.59. The first-order chi connectivity index (χ1) is 9.43. The van der Waals surface area contributed by atoms with Crippen LogP contribution in [0.5, 0.6) is 11.5 Å². The molecule has 0 heterocycles. The number of aliphatic hydroxyl groups is 1. The van der Waals surface area contributed by atoms with Crippen molar-refractivity contribution in [1.82, 2.24) is 5.32 Å². The summed E-state index contributed by atoms with van der Waals surface area (Å²) in [6.07, 6.45) is 0. The van der Waals surface area contributed by atoms with Crippen LogP contribution in [0.2, 0.25) is 0 Å². The van der Waals surface area contributed by atoms with E-state index in [1.165, 1.54) is 7.11 Å². The van der Waals surface area contributed by atoms with Crippen molar-refractivity contribution in [2.24, 2.45) is 0 Å². The Hall–Kier alpha value is -1.11. The number of benzene rings is 1. The topological polar surface area (TPSA) is 97.3 Å². The first-order valence-electron chi connectivity index (χ1n) is 6.03. The van der Waals surface area contributed by atoms with Crippen LogP contribution in [-0.2, 0) is 15.7 Å². The van der Waals surface area contributed by atoms with Gasteiger partial charge in [-0.15, -0.1) is 0 Å². The van der Waals surface area contributed by atoms with E-state index in [2.05, 4.69) is 5.32 Å². The molecular formula is C12H20NO6P. The third kappa shape index (κ3) is 4.77. The number of nitrogens with one attached hydrogen (secondary N) is 1. The number of phosphoric acid groups is 1. The van der Waals surface area contributed by atoms with Gasteiger partial charge in [0.05, 0.1) is 20.3 Å². The second-order valence-electron chi connectivity index (χ2n) is 4.11. The van der Waals surface area contributed by atoms with Gasteiger partial charge in [-0.25, -0.2) is 4.57 Å². The van der Waals surface area contributed by atoms with Gasteiger partial charge in [-0.2, -0.15) is 0 Å². The Morgan fingerprint density at radius 2 is 2.10 bits per heavy atom. The molecule has 0 amide bonds. The van der Waals surface area contributed by atoms with E-state index in [1.807, 2.05) is 6.92 Å². The van der Waals surface area contributed by atoms with E-state index in [-0.39, 0.29) is 24.7 Å². The molecule has 7 nitrogen and oxygen atoms in total. The third-order valence-electron chi connectivity index (χ3n) is 2.48. The van der Waals surface area contributed by atoms with Gasteiger partial charge in [-0.3, -0.25) is 9.42 Å². The highest BCUT2D eigenvalue weighted by atomic mass is 31.2. The molecule has 114 valence electrons. The van der Waals surface area contributed by atoms with Crippen molar-refractivity contribution in [3.05, 3.63) is 23.3 Å². The summed E-state index contributed by atoms with van der Waals surface area (Å²) in [5.74, 6) is 0.274. The lowest BCUT2D eigenvalue weighted by Crippen LogP contribution is -2.14. The number of hydrogen-bond donors (Lipinski definition) is 3. The molecule has 1 aromatic rings. The normalized spacial score (nSPS) is 13.8. The first-order valence-corrected chi connectivity index (χ1v) is 7.53. The Labute approximate surface area is 118 Å². The molecule has 1 rings (SSSR count). The summed E-state index contributed by atoms with van der Waals surface area (Å²) in [5.41, 5.74) is 1.19. The van der Waals surface area contributed by atoms with Crippen LogP contribution in [0.15, 0.2) is 12.1 Å². The maximum absolute atomic E-state index is 11.8. The number of aryl methyl sites for hydroxylation is 1. The third-order valence-corrected chi connectivity index (χ3v) is 3.40. The summed E-state index contributed by atoms with van der Waals surface area (Å²) in [7, 11) is -1.17. The molecule has 0 fully saturated rings. The average molecular weight is 305 g/mol. The van der Waals surface area contributed by atoms with Crippen LogP contribution in [-0.4, -0.2) is 37.3 Å². The van der Waals surface area contributed by atoms with Crippen LogP contribution < -0.4 is 14.6 Å². The van der Waals surface area contributed by atoms with Gasteiger partial charge in [-0.1, -0.05) is 0 Å². The Balaban J connectivity index is 2.98. The van der Waals surface area contributed by atoms with Crippen molar-refractivity contribution in [2.75, 3.05) is 27.3 Å². The molecule has 0 spiro atoms. The Kier molecular flexibility index (Phi) is 6.45. The van der Waals surface area contributed by atoms with Gasteiger partial charge in [0.1, 0.15) is 0 Å². The molecule has 0 aromatic heterocycles. The standard InChI is InChI=1S/C12H20NO6P/c1-9-6-10(8-14)12(11(7-9)17-3)19-20(15,16)18-5-4-13-2/h6-7,13-14H,4-5,8H2,1-3H3,(H,15,16). The van der Waals surface area contributed by atoms with E-state index in [9.17, 15) is 14.6 Å². The largest absolute Gasteiger partial charge is 0.527 e. The number of phosphoric ester groups is 1. The predicted molar refractivity (Wildman–Crippen MR) is 74.0 cm³/mol. The van der Waals surface area contributed by atoms with Gasteiger partial charge in [0, 0.05) is 12.1 Å². The lowest BCUT2D eigenvalue weighted by atomic mass is 10.1. The summed E-state index contributed by atoms with van der Waals surface area (Å²) in [4.78, 5) is 9.65.